The molecule has 1 heteroatoms. The Morgan fingerprint density at radius 1 is 0.842 bits per heavy atom. The van der Waals surface area contributed by atoms with Crippen molar-refractivity contribution in [3.05, 3.63) is 21.9 Å². The molecule has 0 aliphatic carbocycles. The highest BCUT2D eigenvalue weighted by atomic mass is 32.1. The van der Waals surface area contributed by atoms with Gasteiger partial charge in [0, 0.05) is 0 Å². The van der Waals surface area contributed by atoms with Crippen LogP contribution in [0.25, 0.3) is 0 Å². The molecule has 19 heavy (non-hydrogen) atoms. The molecule has 1 aromatic heterocycles. The summed E-state index contributed by atoms with van der Waals surface area (Å²) >= 11 is 1.87. The first kappa shape index (κ1) is 16.8. The van der Waals surface area contributed by atoms with Crippen molar-refractivity contribution in [1.29, 1.82) is 0 Å². The average Bonchev–Trinajstić information content (AvgIpc) is 2.85. The van der Waals surface area contributed by atoms with Crippen LogP contribution >= 0.6 is 11.3 Å². The molecule has 0 fully saturated rings. The number of hydrogen-bond donors (Lipinski definition) is 0. The highest BCUT2D eigenvalue weighted by Gasteiger charge is 2.06. The maximum absolute atomic E-state index is 2.36. The van der Waals surface area contributed by atoms with Crippen LogP contribution in [0.4, 0.5) is 0 Å². The van der Waals surface area contributed by atoms with E-state index in [0.717, 1.165) is 0 Å². The quantitative estimate of drug-likeness (QED) is 0.385. The smallest absolute Gasteiger partial charge is 0.00558 e. The van der Waals surface area contributed by atoms with Crippen molar-refractivity contribution >= 4 is 11.3 Å². The van der Waals surface area contributed by atoms with E-state index in [1.54, 1.807) is 11.1 Å². The van der Waals surface area contributed by atoms with E-state index in [0.29, 0.717) is 5.92 Å². The van der Waals surface area contributed by atoms with Gasteiger partial charge in [-0.15, -0.1) is 0 Å². The number of rotatable bonds is 11. The lowest BCUT2D eigenvalue weighted by Crippen LogP contribution is -1.92. The highest BCUT2D eigenvalue weighted by Crippen LogP contribution is 2.25. The van der Waals surface area contributed by atoms with Crippen LogP contribution in [0.2, 0.25) is 0 Å². The van der Waals surface area contributed by atoms with E-state index < -0.39 is 0 Å². The number of hydrogen-bond acceptors (Lipinski definition) is 1. The van der Waals surface area contributed by atoms with E-state index in [1.165, 1.54) is 64.2 Å². The summed E-state index contributed by atoms with van der Waals surface area (Å²) in [4.78, 5) is 0. The van der Waals surface area contributed by atoms with Crippen LogP contribution in [0.5, 0.6) is 0 Å². The summed E-state index contributed by atoms with van der Waals surface area (Å²) in [5, 5.41) is 4.70. The highest BCUT2D eigenvalue weighted by molar-refractivity contribution is 7.08. The van der Waals surface area contributed by atoms with Gasteiger partial charge in [0.25, 0.3) is 0 Å². The van der Waals surface area contributed by atoms with E-state index in [-0.39, 0.29) is 0 Å². The van der Waals surface area contributed by atoms with E-state index >= 15 is 0 Å². The molecule has 1 heterocycles. The lowest BCUT2D eigenvalue weighted by molar-refractivity contribution is 0.564. The van der Waals surface area contributed by atoms with Crippen molar-refractivity contribution < 1.29 is 0 Å². The molecule has 0 unspecified atom stereocenters. The molecule has 0 N–H and O–H groups in total. The maximum atomic E-state index is 2.36. The molecule has 1 aromatic rings. The minimum absolute atomic E-state index is 0.694. The minimum atomic E-state index is 0.694. The van der Waals surface area contributed by atoms with Crippen molar-refractivity contribution in [2.45, 2.75) is 90.9 Å². The molecule has 1 rings (SSSR count). The molecule has 0 amide bonds. The van der Waals surface area contributed by atoms with Gasteiger partial charge in [-0.05, 0) is 40.6 Å². The van der Waals surface area contributed by atoms with Crippen LogP contribution in [0.3, 0.4) is 0 Å². The molecule has 0 nitrogen and oxygen atoms in total. The predicted octanol–water partition coefficient (Wildman–Crippen LogP) is 6.94. The fourth-order valence-electron chi connectivity index (χ4n) is 2.67. The molecule has 0 saturated heterocycles. The predicted molar refractivity (Wildman–Crippen MR) is 89.3 cm³/mol. The van der Waals surface area contributed by atoms with Gasteiger partial charge in [0.05, 0.1) is 0 Å². The van der Waals surface area contributed by atoms with Crippen molar-refractivity contribution in [2.24, 2.45) is 0 Å². The first-order valence-corrected chi connectivity index (χ1v) is 9.25. The van der Waals surface area contributed by atoms with Gasteiger partial charge in [0.15, 0.2) is 0 Å². The normalized spacial score (nSPS) is 11.4. The first-order valence-electron chi connectivity index (χ1n) is 8.30. The summed E-state index contributed by atoms with van der Waals surface area (Å²) < 4.78 is 0. The summed E-state index contributed by atoms with van der Waals surface area (Å²) in [6.07, 6.45) is 14.1. The van der Waals surface area contributed by atoms with Crippen LogP contribution < -0.4 is 0 Å². The Labute approximate surface area is 124 Å². The summed E-state index contributed by atoms with van der Waals surface area (Å²) in [5.74, 6) is 0.694. The lowest BCUT2D eigenvalue weighted by Gasteiger charge is -2.07. The molecular weight excluding hydrogens is 248 g/mol. The Bertz CT molecular complexity index is 311. The Kier molecular flexibility index (Phi) is 9.24. The monoisotopic (exact) mass is 280 g/mol. The van der Waals surface area contributed by atoms with Crippen LogP contribution in [-0.2, 0) is 6.42 Å². The zero-order chi connectivity index (χ0) is 13.9. The molecular formula is C18H32S. The Hall–Kier alpha value is -0.300. The van der Waals surface area contributed by atoms with Crippen LogP contribution in [0.15, 0.2) is 10.8 Å². The third-order valence-corrected chi connectivity index (χ3v) is 4.76. The Morgan fingerprint density at radius 3 is 2.00 bits per heavy atom. The second kappa shape index (κ2) is 10.5. The molecule has 0 bridgehead atoms. The topological polar surface area (TPSA) is 0 Å². The molecule has 0 aliphatic rings. The summed E-state index contributed by atoms with van der Waals surface area (Å²) in [7, 11) is 0. The van der Waals surface area contributed by atoms with E-state index in [4.69, 9.17) is 0 Å². The fraction of sp³-hybridized carbons (Fsp3) is 0.778. The molecule has 0 aliphatic heterocycles. The lowest BCUT2D eigenvalue weighted by atomic mass is 9.98. The third kappa shape index (κ3) is 7.15. The van der Waals surface area contributed by atoms with Crippen molar-refractivity contribution in [3.8, 4) is 0 Å². The standard InChI is InChI=1S/C18H32S/c1-4-5-6-7-8-9-10-11-12-13-17-14-19-15-18(17)16(2)3/h14-16H,4-13H2,1-3H3. The van der Waals surface area contributed by atoms with Gasteiger partial charge in [0.1, 0.15) is 0 Å². The van der Waals surface area contributed by atoms with Gasteiger partial charge in [-0.1, -0.05) is 72.1 Å². The molecule has 0 radical (unpaired) electrons. The van der Waals surface area contributed by atoms with Crippen molar-refractivity contribution in [2.75, 3.05) is 0 Å². The number of thiophene rings is 1. The number of unbranched alkanes of at least 4 members (excludes halogenated alkanes) is 8. The van der Waals surface area contributed by atoms with Crippen LogP contribution in [0.1, 0.15) is 95.6 Å². The molecule has 0 atom stereocenters. The number of aryl methyl sites for hydroxylation is 1. The second-order valence-corrected chi connectivity index (χ2v) is 6.83. The van der Waals surface area contributed by atoms with Gasteiger partial charge in [-0.3, -0.25) is 0 Å². The summed E-state index contributed by atoms with van der Waals surface area (Å²) in [6, 6.07) is 0. The van der Waals surface area contributed by atoms with Gasteiger partial charge in [0.2, 0.25) is 0 Å². The van der Waals surface area contributed by atoms with E-state index in [1.807, 2.05) is 11.3 Å². The molecule has 0 aromatic carbocycles. The van der Waals surface area contributed by atoms with Crippen molar-refractivity contribution in [3.63, 3.8) is 0 Å². The Morgan fingerprint density at radius 2 is 1.42 bits per heavy atom. The van der Waals surface area contributed by atoms with Crippen LogP contribution in [0, 0.1) is 0 Å². The van der Waals surface area contributed by atoms with E-state index in [9.17, 15) is 0 Å². The summed E-state index contributed by atoms with van der Waals surface area (Å²) in [6.45, 7) is 6.90. The average molecular weight is 281 g/mol. The molecule has 110 valence electrons. The maximum Gasteiger partial charge on any atom is -0.00558 e. The van der Waals surface area contributed by atoms with Gasteiger partial charge in [-0.25, -0.2) is 0 Å². The zero-order valence-electron chi connectivity index (χ0n) is 13.2. The third-order valence-electron chi connectivity index (χ3n) is 3.95. The first-order chi connectivity index (χ1) is 9.25. The zero-order valence-corrected chi connectivity index (χ0v) is 14.0. The minimum Gasteiger partial charge on any atom is -0.152 e. The van der Waals surface area contributed by atoms with Gasteiger partial charge >= 0.3 is 0 Å². The van der Waals surface area contributed by atoms with Gasteiger partial charge < -0.3 is 0 Å². The summed E-state index contributed by atoms with van der Waals surface area (Å²) in [5.41, 5.74) is 3.20. The molecule has 0 saturated carbocycles. The van der Waals surface area contributed by atoms with Crippen LogP contribution in [-0.4, -0.2) is 0 Å². The van der Waals surface area contributed by atoms with Gasteiger partial charge in [-0.2, -0.15) is 11.3 Å². The fourth-order valence-corrected chi connectivity index (χ4v) is 3.73. The molecule has 0 spiro atoms. The van der Waals surface area contributed by atoms with Crippen molar-refractivity contribution in [1.82, 2.24) is 0 Å². The largest absolute Gasteiger partial charge is 0.152 e. The SMILES string of the molecule is CCCCCCCCCCCc1cscc1C(C)C. The second-order valence-electron chi connectivity index (χ2n) is 6.09. The Balaban J connectivity index is 2.00. The van der Waals surface area contributed by atoms with E-state index in [2.05, 4.69) is 31.5 Å².